The largest absolute Gasteiger partial charge is 0.495 e. The second-order valence-electron chi connectivity index (χ2n) is 5.74. The molecule has 4 nitrogen and oxygen atoms in total. The fourth-order valence-electron chi connectivity index (χ4n) is 2.93. The molecule has 0 saturated heterocycles. The van der Waals surface area contributed by atoms with E-state index in [0.717, 1.165) is 18.7 Å². The summed E-state index contributed by atoms with van der Waals surface area (Å²) in [7, 11) is 1.59. The lowest BCUT2D eigenvalue weighted by Crippen LogP contribution is -2.27. The lowest BCUT2D eigenvalue weighted by molar-refractivity contribution is 0.297. The molecule has 1 saturated carbocycles. The first-order chi connectivity index (χ1) is 10.1. The van der Waals surface area contributed by atoms with Crippen LogP contribution in [0, 0.1) is 5.41 Å². The Labute approximate surface area is 154 Å². The highest BCUT2D eigenvalue weighted by Crippen LogP contribution is 2.41. The molecule has 1 fully saturated rings. The average molecular weight is 438 g/mol. The molecule has 0 radical (unpaired) electrons. The Bertz CT molecular complexity index is 516. The van der Waals surface area contributed by atoms with Crippen LogP contribution in [0.15, 0.2) is 23.2 Å². The van der Waals surface area contributed by atoms with Crippen LogP contribution in [0.1, 0.15) is 39.0 Å². The zero-order valence-corrected chi connectivity index (χ0v) is 16.3. The van der Waals surface area contributed by atoms with Gasteiger partial charge in [0.15, 0.2) is 5.96 Å². The maximum absolute atomic E-state index is 6.09. The van der Waals surface area contributed by atoms with E-state index < -0.39 is 0 Å². The molecule has 0 aliphatic heterocycles. The highest BCUT2D eigenvalue weighted by molar-refractivity contribution is 14.0. The van der Waals surface area contributed by atoms with Gasteiger partial charge < -0.3 is 15.8 Å². The van der Waals surface area contributed by atoms with Crippen molar-refractivity contribution < 1.29 is 4.74 Å². The summed E-state index contributed by atoms with van der Waals surface area (Å²) in [6.45, 7) is 3.04. The standard InChI is InChI=1S/C16H24ClN3O.HI/c1-3-16(8-4-5-9-16)11-19-15(18)20-12-6-7-14(21-2)13(17)10-12;/h6-7,10H,3-5,8-9,11H2,1-2H3,(H3,18,19,20);1H. The fourth-order valence-corrected chi connectivity index (χ4v) is 3.19. The van der Waals surface area contributed by atoms with E-state index in [1.54, 1.807) is 13.2 Å². The molecule has 2 rings (SSSR count). The molecule has 0 aromatic heterocycles. The molecule has 0 amide bonds. The van der Waals surface area contributed by atoms with Crippen molar-refractivity contribution in [3.8, 4) is 5.75 Å². The van der Waals surface area contributed by atoms with E-state index in [1.165, 1.54) is 25.7 Å². The van der Waals surface area contributed by atoms with Crippen LogP contribution in [0.3, 0.4) is 0 Å². The molecule has 1 aliphatic carbocycles. The summed E-state index contributed by atoms with van der Waals surface area (Å²) in [6, 6.07) is 5.47. The molecule has 22 heavy (non-hydrogen) atoms. The van der Waals surface area contributed by atoms with Crippen molar-refractivity contribution in [3.63, 3.8) is 0 Å². The molecule has 0 bridgehead atoms. The minimum atomic E-state index is 0. The molecule has 3 N–H and O–H groups in total. The second-order valence-corrected chi connectivity index (χ2v) is 6.14. The van der Waals surface area contributed by atoms with Crippen LogP contribution in [0.25, 0.3) is 0 Å². The van der Waals surface area contributed by atoms with Gasteiger partial charge in [-0.05, 0) is 42.9 Å². The van der Waals surface area contributed by atoms with Gasteiger partial charge in [0.25, 0.3) is 0 Å². The van der Waals surface area contributed by atoms with Gasteiger partial charge in [0, 0.05) is 12.2 Å². The molecule has 0 atom stereocenters. The number of nitrogens with one attached hydrogen (secondary N) is 1. The number of nitrogens with two attached hydrogens (primary N) is 1. The minimum Gasteiger partial charge on any atom is -0.495 e. The van der Waals surface area contributed by atoms with Crippen LogP contribution in [0.4, 0.5) is 5.69 Å². The Morgan fingerprint density at radius 1 is 1.41 bits per heavy atom. The lowest BCUT2D eigenvalue weighted by Gasteiger charge is -2.25. The van der Waals surface area contributed by atoms with Crippen molar-refractivity contribution in [1.29, 1.82) is 0 Å². The van der Waals surface area contributed by atoms with Gasteiger partial charge in [-0.1, -0.05) is 31.4 Å². The van der Waals surface area contributed by atoms with E-state index in [9.17, 15) is 0 Å². The number of rotatable bonds is 5. The third kappa shape index (κ3) is 4.91. The van der Waals surface area contributed by atoms with Crippen LogP contribution < -0.4 is 15.8 Å². The van der Waals surface area contributed by atoms with Gasteiger partial charge in [0.05, 0.1) is 12.1 Å². The number of anilines is 1. The van der Waals surface area contributed by atoms with Gasteiger partial charge in [-0.25, -0.2) is 0 Å². The molecule has 0 unspecified atom stereocenters. The molecular weight excluding hydrogens is 413 g/mol. The quantitative estimate of drug-likeness (QED) is 0.400. The number of ether oxygens (including phenoxy) is 1. The molecule has 1 aliphatic rings. The number of aliphatic imine (C=N–C) groups is 1. The molecule has 1 aromatic rings. The van der Waals surface area contributed by atoms with E-state index in [4.69, 9.17) is 22.1 Å². The SMILES string of the molecule is CCC1(CN=C(N)Nc2ccc(OC)c(Cl)c2)CCCC1.I. The Morgan fingerprint density at radius 2 is 2.09 bits per heavy atom. The van der Waals surface area contributed by atoms with Crippen LogP contribution in [0.2, 0.25) is 5.02 Å². The van der Waals surface area contributed by atoms with Crippen LogP contribution in [-0.4, -0.2) is 19.6 Å². The minimum absolute atomic E-state index is 0. The van der Waals surface area contributed by atoms with Gasteiger partial charge >= 0.3 is 0 Å². The number of guanidine groups is 1. The number of halogens is 2. The van der Waals surface area contributed by atoms with E-state index in [2.05, 4.69) is 17.2 Å². The van der Waals surface area contributed by atoms with Gasteiger partial charge in [-0.2, -0.15) is 0 Å². The van der Waals surface area contributed by atoms with Crippen LogP contribution in [0.5, 0.6) is 5.75 Å². The monoisotopic (exact) mass is 437 g/mol. The van der Waals surface area contributed by atoms with Crippen LogP contribution in [-0.2, 0) is 0 Å². The summed E-state index contributed by atoms with van der Waals surface area (Å²) in [4.78, 5) is 4.53. The summed E-state index contributed by atoms with van der Waals surface area (Å²) in [6.07, 6.45) is 6.30. The molecule has 124 valence electrons. The van der Waals surface area contributed by atoms with Gasteiger partial charge in [-0.15, -0.1) is 24.0 Å². The number of nitrogens with zero attached hydrogens (tertiary/aromatic N) is 1. The van der Waals surface area contributed by atoms with E-state index in [-0.39, 0.29) is 24.0 Å². The Balaban J connectivity index is 0.00000242. The Morgan fingerprint density at radius 3 is 2.64 bits per heavy atom. The summed E-state index contributed by atoms with van der Waals surface area (Å²) in [5, 5.41) is 3.64. The second kappa shape index (κ2) is 8.82. The Hall–Kier alpha value is -0.690. The molecule has 1 aromatic carbocycles. The lowest BCUT2D eigenvalue weighted by atomic mass is 9.84. The van der Waals surface area contributed by atoms with Crippen molar-refractivity contribution in [3.05, 3.63) is 23.2 Å². The van der Waals surface area contributed by atoms with Crippen molar-refractivity contribution in [2.75, 3.05) is 19.0 Å². The first-order valence-electron chi connectivity index (χ1n) is 7.49. The first-order valence-corrected chi connectivity index (χ1v) is 7.87. The average Bonchev–Trinajstić information content (AvgIpc) is 2.95. The van der Waals surface area contributed by atoms with E-state index in [1.807, 2.05) is 12.1 Å². The molecule has 0 spiro atoms. The third-order valence-electron chi connectivity index (χ3n) is 4.42. The first kappa shape index (κ1) is 19.4. The number of hydrogen-bond acceptors (Lipinski definition) is 2. The molecule has 6 heteroatoms. The normalized spacial score (nSPS) is 17.0. The molecule has 0 heterocycles. The number of methoxy groups -OCH3 is 1. The topological polar surface area (TPSA) is 59.6 Å². The maximum Gasteiger partial charge on any atom is 0.193 e. The molecular formula is C16H25ClIN3O. The van der Waals surface area contributed by atoms with Crippen molar-refractivity contribution in [2.45, 2.75) is 39.0 Å². The van der Waals surface area contributed by atoms with Crippen molar-refractivity contribution >= 4 is 47.2 Å². The predicted octanol–water partition coefficient (Wildman–Crippen LogP) is 4.66. The van der Waals surface area contributed by atoms with E-state index >= 15 is 0 Å². The van der Waals surface area contributed by atoms with Gasteiger partial charge in [-0.3, -0.25) is 4.99 Å². The highest BCUT2D eigenvalue weighted by atomic mass is 127. The third-order valence-corrected chi connectivity index (χ3v) is 4.72. The van der Waals surface area contributed by atoms with Crippen LogP contribution >= 0.6 is 35.6 Å². The zero-order valence-electron chi connectivity index (χ0n) is 13.2. The van der Waals surface area contributed by atoms with Crippen molar-refractivity contribution in [2.24, 2.45) is 16.1 Å². The number of benzene rings is 1. The van der Waals surface area contributed by atoms with E-state index in [0.29, 0.717) is 22.1 Å². The maximum atomic E-state index is 6.09. The highest BCUT2D eigenvalue weighted by Gasteiger charge is 2.31. The summed E-state index contributed by atoms with van der Waals surface area (Å²) < 4.78 is 5.13. The summed E-state index contributed by atoms with van der Waals surface area (Å²) >= 11 is 6.09. The fraction of sp³-hybridized carbons (Fsp3) is 0.562. The predicted molar refractivity (Wildman–Crippen MR) is 105 cm³/mol. The smallest absolute Gasteiger partial charge is 0.193 e. The Kier molecular flexibility index (Phi) is 7.76. The zero-order chi connectivity index (χ0) is 15.3. The summed E-state index contributed by atoms with van der Waals surface area (Å²) in [5.74, 6) is 1.09. The van der Waals surface area contributed by atoms with Crippen molar-refractivity contribution in [1.82, 2.24) is 0 Å². The van der Waals surface area contributed by atoms with Gasteiger partial charge in [0.2, 0.25) is 0 Å². The summed E-state index contributed by atoms with van der Waals surface area (Å²) in [5.41, 5.74) is 7.15. The number of hydrogen-bond donors (Lipinski definition) is 2. The van der Waals surface area contributed by atoms with Gasteiger partial charge in [0.1, 0.15) is 5.75 Å².